The van der Waals surface area contributed by atoms with Crippen LogP contribution in [0.4, 0.5) is 5.69 Å². The van der Waals surface area contributed by atoms with Gasteiger partial charge in [0.2, 0.25) is 0 Å². The lowest BCUT2D eigenvalue weighted by Crippen LogP contribution is -2.12. The summed E-state index contributed by atoms with van der Waals surface area (Å²) in [6.07, 6.45) is 3.39. The molecule has 7 nitrogen and oxygen atoms in total. The van der Waals surface area contributed by atoms with Crippen molar-refractivity contribution in [3.05, 3.63) is 30.0 Å². The van der Waals surface area contributed by atoms with E-state index in [1.165, 1.54) is 7.11 Å². The molecule has 0 aliphatic heterocycles. The molecule has 24 heavy (non-hydrogen) atoms. The number of primary amides is 1. The number of carbonyl (C=O) groups excluding carboxylic acids is 1. The van der Waals surface area contributed by atoms with Crippen LogP contribution in [0.1, 0.15) is 10.4 Å². The largest absolute Gasteiger partial charge is 0.399 e. The number of oxime groups is 1. The summed E-state index contributed by atoms with van der Waals surface area (Å²) in [6.45, 7) is 0.404. The Kier molecular flexibility index (Phi) is 5.81. The van der Waals surface area contributed by atoms with Gasteiger partial charge in [-0.3, -0.25) is 4.79 Å². The second-order valence-corrected chi connectivity index (χ2v) is 5.69. The highest BCUT2D eigenvalue weighted by atomic mass is 35.5. The number of rotatable bonds is 7. The number of amides is 1. The van der Waals surface area contributed by atoms with Crippen LogP contribution in [0.3, 0.4) is 0 Å². The first-order valence-corrected chi connectivity index (χ1v) is 7.78. The van der Waals surface area contributed by atoms with Crippen LogP contribution in [0.5, 0.6) is 0 Å². The van der Waals surface area contributed by atoms with E-state index < -0.39 is 5.91 Å². The molecule has 1 amide bonds. The van der Waals surface area contributed by atoms with Gasteiger partial charge in [0.1, 0.15) is 7.11 Å². The van der Waals surface area contributed by atoms with Crippen molar-refractivity contribution in [2.75, 3.05) is 27.1 Å². The fourth-order valence-electron chi connectivity index (χ4n) is 2.30. The number of halogens is 1. The number of carbonyl (C=O) groups is 1. The van der Waals surface area contributed by atoms with Crippen molar-refractivity contribution >= 4 is 46.1 Å². The van der Waals surface area contributed by atoms with Crippen molar-refractivity contribution in [2.45, 2.75) is 6.54 Å². The van der Waals surface area contributed by atoms with Crippen molar-refractivity contribution in [3.63, 3.8) is 0 Å². The zero-order chi connectivity index (χ0) is 17.7. The van der Waals surface area contributed by atoms with Crippen LogP contribution in [-0.4, -0.2) is 54.5 Å². The standard InChI is InChI=1S/C16H20ClN5O2/c1-21(2)10-19-11-4-5-15-13(6-11)14(16(18)23)9-22(15)8-12(7-17)20-24-3/h4-6,9-10H,7-8H2,1-3H3,(H2,18,23). The Morgan fingerprint density at radius 2 is 2.21 bits per heavy atom. The molecule has 1 heterocycles. The maximum absolute atomic E-state index is 11.8. The minimum atomic E-state index is -0.497. The monoisotopic (exact) mass is 349 g/mol. The molecular weight excluding hydrogens is 330 g/mol. The van der Waals surface area contributed by atoms with Gasteiger partial charge in [0.05, 0.1) is 35.7 Å². The molecule has 2 aromatic rings. The highest BCUT2D eigenvalue weighted by Crippen LogP contribution is 2.26. The van der Waals surface area contributed by atoms with Gasteiger partial charge in [-0.05, 0) is 18.2 Å². The minimum absolute atomic E-state index is 0.227. The van der Waals surface area contributed by atoms with Gasteiger partial charge in [-0.25, -0.2) is 4.99 Å². The highest BCUT2D eigenvalue weighted by molar-refractivity contribution is 6.28. The van der Waals surface area contributed by atoms with E-state index >= 15 is 0 Å². The molecule has 0 aliphatic rings. The number of alkyl halides is 1. The molecule has 0 unspecified atom stereocenters. The lowest BCUT2D eigenvalue weighted by molar-refractivity contribution is 0.100. The highest BCUT2D eigenvalue weighted by Gasteiger charge is 2.14. The maximum atomic E-state index is 11.8. The molecule has 0 saturated carbocycles. The molecule has 0 fully saturated rings. The fourth-order valence-corrected chi connectivity index (χ4v) is 2.43. The van der Waals surface area contributed by atoms with E-state index in [4.69, 9.17) is 22.2 Å². The Bertz CT molecular complexity index is 795. The van der Waals surface area contributed by atoms with E-state index in [-0.39, 0.29) is 5.88 Å². The average molecular weight is 350 g/mol. The summed E-state index contributed by atoms with van der Waals surface area (Å²) in [7, 11) is 5.23. The molecule has 0 aliphatic carbocycles. The van der Waals surface area contributed by atoms with Crippen molar-refractivity contribution in [1.29, 1.82) is 0 Å². The number of hydrogen-bond acceptors (Lipinski definition) is 4. The molecule has 0 bridgehead atoms. The fraction of sp³-hybridized carbons (Fsp3) is 0.312. The van der Waals surface area contributed by atoms with Crippen LogP contribution in [0, 0.1) is 0 Å². The first-order valence-electron chi connectivity index (χ1n) is 7.24. The van der Waals surface area contributed by atoms with Crippen LogP contribution < -0.4 is 5.73 Å². The second-order valence-electron chi connectivity index (χ2n) is 5.42. The molecular formula is C16H20ClN5O2. The van der Waals surface area contributed by atoms with Gasteiger partial charge >= 0.3 is 0 Å². The molecule has 0 saturated heterocycles. The third-order valence-corrected chi connectivity index (χ3v) is 3.60. The molecule has 0 atom stereocenters. The molecule has 128 valence electrons. The summed E-state index contributed by atoms with van der Waals surface area (Å²) < 4.78 is 1.87. The van der Waals surface area contributed by atoms with Gasteiger partial charge in [-0.1, -0.05) is 5.16 Å². The smallest absolute Gasteiger partial charge is 0.250 e. The lowest BCUT2D eigenvalue weighted by Gasteiger charge is -2.06. The van der Waals surface area contributed by atoms with Crippen LogP contribution in [0.25, 0.3) is 10.9 Å². The third-order valence-electron chi connectivity index (χ3n) is 3.30. The van der Waals surface area contributed by atoms with Gasteiger partial charge in [0.15, 0.2) is 0 Å². The van der Waals surface area contributed by atoms with E-state index in [0.29, 0.717) is 17.8 Å². The Labute approximate surface area is 145 Å². The summed E-state index contributed by atoms with van der Waals surface area (Å²) in [5.74, 6) is -0.270. The minimum Gasteiger partial charge on any atom is -0.399 e. The Hall–Kier alpha value is -2.54. The van der Waals surface area contributed by atoms with E-state index in [1.54, 1.807) is 12.5 Å². The first-order chi connectivity index (χ1) is 11.5. The van der Waals surface area contributed by atoms with E-state index in [0.717, 1.165) is 16.6 Å². The van der Waals surface area contributed by atoms with Gasteiger partial charge in [-0.2, -0.15) is 0 Å². The number of aliphatic imine (C=N–C) groups is 1. The second kappa shape index (κ2) is 7.83. The van der Waals surface area contributed by atoms with E-state index in [9.17, 15) is 4.79 Å². The number of nitrogens with two attached hydrogens (primary N) is 1. The van der Waals surface area contributed by atoms with Crippen molar-refractivity contribution in [2.24, 2.45) is 15.9 Å². The predicted octanol–water partition coefficient (Wildman–Crippen LogP) is 2.20. The normalized spacial score (nSPS) is 12.1. The van der Waals surface area contributed by atoms with Gasteiger partial charge < -0.3 is 20.0 Å². The summed E-state index contributed by atoms with van der Waals surface area (Å²) in [5.41, 5.74) is 8.16. The van der Waals surface area contributed by atoms with Crippen LogP contribution >= 0.6 is 11.6 Å². The van der Waals surface area contributed by atoms with Crippen LogP contribution in [0.15, 0.2) is 34.5 Å². The van der Waals surface area contributed by atoms with Crippen LogP contribution in [-0.2, 0) is 11.4 Å². The van der Waals surface area contributed by atoms with Crippen molar-refractivity contribution < 1.29 is 9.63 Å². The maximum Gasteiger partial charge on any atom is 0.250 e. The van der Waals surface area contributed by atoms with E-state index in [2.05, 4.69) is 10.1 Å². The SMILES string of the molecule is CON=C(CCl)Cn1cc(C(N)=O)c2cc(N=CN(C)C)ccc21. The molecule has 0 radical (unpaired) electrons. The number of fused-ring (bicyclic) bond motifs is 1. The van der Waals surface area contributed by atoms with Gasteiger partial charge in [-0.15, -0.1) is 11.6 Å². The molecule has 1 aromatic heterocycles. The molecule has 2 N–H and O–H groups in total. The topological polar surface area (TPSA) is 85.2 Å². The predicted molar refractivity (Wildman–Crippen MR) is 97.5 cm³/mol. The summed E-state index contributed by atoms with van der Waals surface area (Å²) in [4.78, 5) is 22.7. The number of aromatic nitrogens is 1. The van der Waals surface area contributed by atoms with Gasteiger partial charge in [0, 0.05) is 31.2 Å². The van der Waals surface area contributed by atoms with Crippen molar-refractivity contribution in [3.8, 4) is 0 Å². The molecule has 0 spiro atoms. The number of benzene rings is 1. The van der Waals surface area contributed by atoms with E-state index in [1.807, 2.05) is 41.8 Å². The summed E-state index contributed by atoms with van der Waals surface area (Å²) in [5, 5.41) is 4.62. The zero-order valence-corrected chi connectivity index (χ0v) is 14.6. The molecule has 1 aromatic carbocycles. The third kappa shape index (κ3) is 4.05. The van der Waals surface area contributed by atoms with Crippen molar-refractivity contribution in [1.82, 2.24) is 9.47 Å². The van der Waals surface area contributed by atoms with Crippen LogP contribution in [0.2, 0.25) is 0 Å². The quantitative estimate of drug-likeness (QED) is 0.360. The number of nitrogens with zero attached hydrogens (tertiary/aromatic N) is 4. The molecule has 8 heteroatoms. The summed E-state index contributed by atoms with van der Waals surface area (Å²) in [6, 6.07) is 5.60. The molecule has 2 rings (SSSR count). The lowest BCUT2D eigenvalue weighted by atomic mass is 10.1. The zero-order valence-electron chi connectivity index (χ0n) is 13.9. The van der Waals surface area contributed by atoms with Gasteiger partial charge in [0.25, 0.3) is 5.91 Å². The number of hydrogen-bond donors (Lipinski definition) is 1. The Morgan fingerprint density at radius 1 is 1.46 bits per heavy atom. The summed E-state index contributed by atoms with van der Waals surface area (Å²) >= 11 is 5.87. The first kappa shape index (κ1) is 17.8. The Balaban J connectivity index is 2.51. The Morgan fingerprint density at radius 3 is 2.79 bits per heavy atom. The average Bonchev–Trinajstić information content (AvgIpc) is 2.90.